The molecule has 10 nitrogen and oxygen atoms in total. The minimum atomic E-state index is -0.0719. The molecule has 0 aromatic carbocycles. The van der Waals surface area contributed by atoms with E-state index in [1.807, 2.05) is 24.3 Å². The van der Waals surface area contributed by atoms with Gasteiger partial charge in [0.05, 0.1) is 71.0 Å². The summed E-state index contributed by atoms with van der Waals surface area (Å²) in [5.74, 6) is 0.307. The van der Waals surface area contributed by atoms with Crippen molar-refractivity contribution in [3.8, 4) is 12.1 Å². The van der Waals surface area contributed by atoms with Crippen molar-refractivity contribution >= 4 is 11.6 Å². The zero-order valence-corrected chi connectivity index (χ0v) is 23.0. The highest BCUT2D eigenvalue weighted by Crippen LogP contribution is 2.39. The summed E-state index contributed by atoms with van der Waals surface area (Å²) in [6.45, 7) is 0. The second-order valence-electron chi connectivity index (χ2n) is 10.5. The van der Waals surface area contributed by atoms with Gasteiger partial charge in [-0.3, -0.25) is 19.6 Å². The Morgan fingerprint density at radius 3 is 1.55 bits per heavy atom. The van der Waals surface area contributed by atoms with Gasteiger partial charge < -0.3 is 0 Å². The Balaban J connectivity index is 1.15. The fraction of sp³-hybridized carbons (Fsp3) is 0.312. The lowest BCUT2D eigenvalue weighted by Gasteiger charge is -2.28. The molecule has 4 heterocycles. The van der Waals surface area contributed by atoms with Crippen LogP contribution in [0.2, 0.25) is 0 Å². The van der Waals surface area contributed by atoms with Gasteiger partial charge in [-0.15, -0.1) is 0 Å². The monoisotopic (exact) mass is 556 g/mol. The summed E-state index contributed by atoms with van der Waals surface area (Å²) in [7, 11) is 0. The largest absolute Gasteiger partial charge is 0.299 e. The van der Waals surface area contributed by atoms with Gasteiger partial charge in [0.1, 0.15) is 23.7 Å². The van der Waals surface area contributed by atoms with Crippen LogP contribution in [-0.4, -0.2) is 41.9 Å². The van der Waals surface area contributed by atoms with Gasteiger partial charge in [0.15, 0.2) is 0 Å². The Kier molecular flexibility index (Phi) is 9.05. The highest BCUT2D eigenvalue weighted by Gasteiger charge is 2.27. The van der Waals surface area contributed by atoms with Crippen LogP contribution in [0.5, 0.6) is 0 Å². The smallest absolute Gasteiger partial charge is 0.144 e. The molecule has 5 rings (SSSR count). The van der Waals surface area contributed by atoms with Gasteiger partial charge in [0, 0.05) is 24.2 Å². The molecule has 4 aromatic rings. The number of aromatic nitrogens is 6. The standard InChI is InChI=1S/C32H28N8O2/c33-19-23-6-2-12-35-31(23)17-27(41)15-25-8-10-29(39-37-25)21-4-1-5-22(14-21)30-11-9-26(38-40-30)16-28(42)18-32-24(20-34)7-3-13-36-32/h2-3,6-13,21-22H,1,4-5,14-18H2/t21-,22-/m0/s1. The highest BCUT2D eigenvalue weighted by molar-refractivity contribution is 5.83. The molecule has 208 valence electrons. The molecule has 0 amide bonds. The molecule has 0 spiro atoms. The third-order valence-electron chi connectivity index (χ3n) is 7.50. The lowest BCUT2D eigenvalue weighted by atomic mass is 9.78. The Hall–Kier alpha value is -5.22. The number of ketones is 2. The molecule has 1 saturated carbocycles. The van der Waals surface area contributed by atoms with Crippen LogP contribution in [0.15, 0.2) is 60.9 Å². The third kappa shape index (κ3) is 7.10. The van der Waals surface area contributed by atoms with E-state index in [9.17, 15) is 20.1 Å². The maximum Gasteiger partial charge on any atom is 0.144 e. The SMILES string of the molecule is N#Cc1cccnc1CC(=O)Cc1ccc([C@H]2CCC[C@H](c3ccc(CC(=O)Cc4ncccc4C#N)nn3)C2)nn1. The summed E-state index contributed by atoms with van der Waals surface area (Å²) < 4.78 is 0. The van der Waals surface area contributed by atoms with E-state index in [4.69, 9.17) is 0 Å². The zero-order chi connectivity index (χ0) is 29.3. The minimum absolute atomic E-state index is 0.0719. The van der Waals surface area contributed by atoms with Crippen LogP contribution in [-0.2, 0) is 35.3 Å². The van der Waals surface area contributed by atoms with E-state index in [0.717, 1.165) is 37.1 Å². The average molecular weight is 557 g/mol. The first kappa shape index (κ1) is 28.3. The molecule has 1 fully saturated rings. The summed E-state index contributed by atoms with van der Waals surface area (Å²) in [4.78, 5) is 33.5. The molecular weight excluding hydrogens is 528 g/mol. The van der Waals surface area contributed by atoms with Crippen molar-refractivity contribution in [2.75, 3.05) is 0 Å². The average Bonchev–Trinajstić information content (AvgIpc) is 3.02. The summed E-state index contributed by atoms with van der Waals surface area (Å²) in [5.41, 5.74) is 4.74. The van der Waals surface area contributed by atoms with Crippen molar-refractivity contribution in [2.45, 2.75) is 63.2 Å². The topological polar surface area (TPSA) is 159 Å². The van der Waals surface area contributed by atoms with E-state index in [1.54, 1.807) is 36.7 Å². The van der Waals surface area contributed by atoms with E-state index in [1.165, 1.54) is 0 Å². The predicted molar refractivity (Wildman–Crippen MR) is 151 cm³/mol. The van der Waals surface area contributed by atoms with Crippen LogP contribution in [0.25, 0.3) is 0 Å². The van der Waals surface area contributed by atoms with E-state index in [-0.39, 0.29) is 49.1 Å². The van der Waals surface area contributed by atoms with Crippen LogP contribution >= 0.6 is 0 Å². The number of carbonyl (C=O) groups is 2. The van der Waals surface area contributed by atoms with Crippen molar-refractivity contribution in [2.24, 2.45) is 0 Å². The van der Waals surface area contributed by atoms with Crippen LogP contribution in [0.3, 0.4) is 0 Å². The molecule has 1 aliphatic carbocycles. The molecule has 42 heavy (non-hydrogen) atoms. The van der Waals surface area contributed by atoms with Gasteiger partial charge in [0.2, 0.25) is 0 Å². The number of hydrogen-bond acceptors (Lipinski definition) is 10. The predicted octanol–water partition coefficient (Wildman–Crippen LogP) is 3.95. The summed E-state index contributed by atoms with van der Waals surface area (Å²) in [6.07, 6.45) is 7.47. The Morgan fingerprint density at radius 1 is 0.667 bits per heavy atom. The van der Waals surface area contributed by atoms with Crippen molar-refractivity contribution in [1.29, 1.82) is 10.5 Å². The summed E-state index contributed by atoms with van der Waals surface area (Å²) >= 11 is 0. The Bertz CT molecular complexity index is 1530. The van der Waals surface area contributed by atoms with Crippen molar-refractivity contribution in [3.05, 3.63) is 106 Å². The maximum absolute atomic E-state index is 12.6. The molecule has 0 aliphatic heterocycles. The van der Waals surface area contributed by atoms with E-state index in [2.05, 4.69) is 42.5 Å². The highest BCUT2D eigenvalue weighted by atomic mass is 16.1. The quantitative estimate of drug-likeness (QED) is 0.280. The fourth-order valence-corrected chi connectivity index (χ4v) is 5.36. The maximum atomic E-state index is 12.6. The van der Waals surface area contributed by atoms with Gasteiger partial charge in [-0.05, 0) is 67.8 Å². The van der Waals surface area contributed by atoms with Crippen molar-refractivity contribution in [3.63, 3.8) is 0 Å². The fourth-order valence-electron chi connectivity index (χ4n) is 5.36. The van der Waals surface area contributed by atoms with Gasteiger partial charge >= 0.3 is 0 Å². The second kappa shape index (κ2) is 13.4. The number of pyridine rings is 2. The van der Waals surface area contributed by atoms with Crippen LogP contribution < -0.4 is 0 Å². The molecule has 10 heteroatoms. The lowest BCUT2D eigenvalue weighted by Crippen LogP contribution is -2.17. The first-order valence-electron chi connectivity index (χ1n) is 13.9. The van der Waals surface area contributed by atoms with Crippen molar-refractivity contribution < 1.29 is 9.59 Å². The van der Waals surface area contributed by atoms with E-state index in [0.29, 0.717) is 33.9 Å². The van der Waals surface area contributed by atoms with Gasteiger partial charge in [-0.25, -0.2) is 0 Å². The molecular formula is C32H28N8O2. The first-order valence-corrected chi connectivity index (χ1v) is 13.9. The molecule has 0 bridgehead atoms. The van der Waals surface area contributed by atoms with Crippen LogP contribution in [0.4, 0.5) is 0 Å². The van der Waals surface area contributed by atoms with E-state index >= 15 is 0 Å². The summed E-state index contributed by atoms with van der Waals surface area (Å²) in [5, 5.41) is 36.0. The Labute approximate surface area is 243 Å². The lowest BCUT2D eigenvalue weighted by molar-refractivity contribution is -0.118. The number of carbonyl (C=O) groups excluding carboxylic acids is 2. The van der Waals surface area contributed by atoms with Crippen molar-refractivity contribution in [1.82, 2.24) is 30.4 Å². The van der Waals surface area contributed by atoms with Crippen LogP contribution in [0, 0.1) is 22.7 Å². The van der Waals surface area contributed by atoms with Gasteiger partial charge in [-0.1, -0.05) is 6.42 Å². The second-order valence-corrected chi connectivity index (χ2v) is 10.5. The van der Waals surface area contributed by atoms with E-state index < -0.39 is 0 Å². The minimum Gasteiger partial charge on any atom is -0.299 e. The van der Waals surface area contributed by atoms with Crippen LogP contribution in [0.1, 0.15) is 82.8 Å². The number of hydrogen-bond donors (Lipinski definition) is 0. The van der Waals surface area contributed by atoms with Gasteiger partial charge in [-0.2, -0.15) is 30.9 Å². The Morgan fingerprint density at radius 2 is 1.14 bits per heavy atom. The molecule has 0 saturated heterocycles. The molecule has 0 radical (unpaired) electrons. The molecule has 4 aromatic heterocycles. The number of nitriles is 2. The zero-order valence-electron chi connectivity index (χ0n) is 23.0. The summed E-state index contributed by atoms with van der Waals surface area (Å²) in [6, 6.07) is 18.4. The normalized spacial score (nSPS) is 16.2. The first-order chi connectivity index (χ1) is 20.5. The molecule has 1 aliphatic rings. The number of Topliss-reactive ketones (excluding diaryl/α,β-unsaturated/α-hetero) is 2. The van der Waals surface area contributed by atoms with Gasteiger partial charge in [0.25, 0.3) is 0 Å². The molecule has 0 unspecified atom stereocenters. The number of rotatable bonds is 10. The molecule has 2 atom stereocenters. The molecule has 0 N–H and O–H groups in total. The third-order valence-corrected chi connectivity index (χ3v) is 7.50. The number of nitrogens with zero attached hydrogens (tertiary/aromatic N) is 8.